The standard InChI is InChI=1S/C13H17Br2NO3S/c1-8-3-4-16(12(8)7-17)20(18,19)13-6-10(14)9(2)5-11(13)15/h5-6,8,12,17H,3-4,7H2,1-2H3. The minimum atomic E-state index is -3.61. The van der Waals surface area contributed by atoms with Gasteiger partial charge in [0.1, 0.15) is 0 Å². The molecule has 1 aromatic rings. The topological polar surface area (TPSA) is 57.6 Å². The zero-order valence-electron chi connectivity index (χ0n) is 11.3. The second-order valence-electron chi connectivity index (χ2n) is 5.16. The first-order valence-corrected chi connectivity index (χ1v) is 9.40. The predicted octanol–water partition coefficient (Wildman–Crippen LogP) is 2.91. The van der Waals surface area contributed by atoms with Crippen molar-refractivity contribution in [3.8, 4) is 0 Å². The summed E-state index contributed by atoms with van der Waals surface area (Å²) >= 11 is 6.70. The fourth-order valence-electron chi connectivity index (χ4n) is 2.49. The van der Waals surface area contributed by atoms with Crippen LogP contribution in [-0.2, 0) is 10.0 Å². The Morgan fingerprint density at radius 2 is 2.00 bits per heavy atom. The number of aliphatic hydroxyl groups is 1. The molecule has 1 N–H and O–H groups in total. The number of nitrogens with zero attached hydrogens (tertiary/aromatic N) is 1. The highest BCUT2D eigenvalue weighted by Crippen LogP contribution is 2.35. The van der Waals surface area contributed by atoms with Crippen LogP contribution in [0.15, 0.2) is 26.0 Å². The van der Waals surface area contributed by atoms with E-state index in [1.165, 1.54) is 4.31 Å². The molecule has 1 fully saturated rings. The molecule has 1 aliphatic heterocycles. The lowest BCUT2D eigenvalue weighted by Crippen LogP contribution is -2.39. The molecule has 2 rings (SSSR count). The van der Waals surface area contributed by atoms with E-state index in [0.717, 1.165) is 16.5 Å². The Bertz CT molecular complexity index is 618. The van der Waals surface area contributed by atoms with E-state index in [0.29, 0.717) is 11.0 Å². The summed E-state index contributed by atoms with van der Waals surface area (Å²) in [5.74, 6) is 0.169. The summed E-state index contributed by atoms with van der Waals surface area (Å²) in [6.07, 6.45) is 0.773. The maximum absolute atomic E-state index is 12.8. The largest absolute Gasteiger partial charge is 0.395 e. The molecule has 1 heterocycles. The maximum Gasteiger partial charge on any atom is 0.244 e. The molecule has 2 atom stereocenters. The Labute approximate surface area is 136 Å². The third-order valence-corrected chi connectivity index (χ3v) is 7.56. The number of rotatable bonds is 3. The van der Waals surface area contributed by atoms with Crippen LogP contribution in [0.25, 0.3) is 0 Å². The van der Waals surface area contributed by atoms with Gasteiger partial charge in [0.15, 0.2) is 0 Å². The minimum Gasteiger partial charge on any atom is -0.395 e. The van der Waals surface area contributed by atoms with Crippen LogP contribution in [0.5, 0.6) is 0 Å². The Morgan fingerprint density at radius 1 is 1.35 bits per heavy atom. The number of aliphatic hydroxyl groups excluding tert-OH is 1. The van der Waals surface area contributed by atoms with Gasteiger partial charge in [-0.25, -0.2) is 8.42 Å². The van der Waals surface area contributed by atoms with Crippen LogP contribution in [0, 0.1) is 12.8 Å². The molecule has 0 bridgehead atoms. The first-order valence-electron chi connectivity index (χ1n) is 6.37. The Balaban J connectivity index is 2.48. The van der Waals surface area contributed by atoms with Crippen LogP contribution < -0.4 is 0 Å². The van der Waals surface area contributed by atoms with Gasteiger partial charge in [-0.15, -0.1) is 0 Å². The summed E-state index contributed by atoms with van der Waals surface area (Å²) in [6.45, 7) is 4.17. The average molecular weight is 427 g/mol. The van der Waals surface area contributed by atoms with Crippen molar-refractivity contribution in [3.63, 3.8) is 0 Å². The van der Waals surface area contributed by atoms with Crippen molar-refractivity contribution in [3.05, 3.63) is 26.6 Å². The van der Waals surface area contributed by atoms with Crippen molar-refractivity contribution in [1.82, 2.24) is 4.31 Å². The number of hydrogen-bond acceptors (Lipinski definition) is 3. The molecule has 0 saturated carbocycles. The summed E-state index contributed by atoms with van der Waals surface area (Å²) in [7, 11) is -3.61. The predicted molar refractivity (Wildman–Crippen MR) is 85.1 cm³/mol. The van der Waals surface area contributed by atoms with Crippen LogP contribution in [0.3, 0.4) is 0 Å². The number of hydrogen-bond donors (Lipinski definition) is 1. The maximum atomic E-state index is 12.8. The van der Waals surface area contributed by atoms with Crippen LogP contribution >= 0.6 is 31.9 Å². The second kappa shape index (κ2) is 6.04. The van der Waals surface area contributed by atoms with Gasteiger partial charge >= 0.3 is 0 Å². The number of halogens is 2. The Hall–Kier alpha value is 0.0500. The lowest BCUT2D eigenvalue weighted by Gasteiger charge is -2.25. The molecular weight excluding hydrogens is 410 g/mol. The third kappa shape index (κ3) is 2.83. The first kappa shape index (κ1) is 16.4. The number of sulfonamides is 1. The van der Waals surface area contributed by atoms with Crippen LogP contribution in [0.1, 0.15) is 18.9 Å². The van der Waals surface area contributed by atoms with E-state index in [1.54, 1.807) is 12.1 Å². The molecule has 0 amide bonds. The van der Waals surface area contributed by atoms with Gasteiger partial charge in [0, 0.05) is 15.5 Å². The smallest absolute Gasteiger partial charge is 0.244 e. The van der Waals surface area contributed by atoms with Crippen molar-refractivity contribution in [1.29, 1.82) is 0 Å². The monoisotopic (exact) mass is 425 g/mol. The molecule has 7 heteroatoms. The lowest BCUT2D eigenvalue weighted by atomic mass is 10.0. The molecule has 1 aromatic carbocycles. The van der Waals surface area contributed by atoms with Crippen molar-refractivity contribution < 1.29 is 13.5 Å². The van der Waals surface area contributed by atoms with Gasteiger partial charge in [-0.2, -0.15) is 4.31 Å². The quantitative estimate of drug-likeness (QED) is 0.808. The second-order valence-corrected chi connectivity index (χ2v) is 8.73. The van der Waals surface area contributed by atoms with Gasteiger partial charge < -0.3 is 5.11 Å². The summed E-state index contributed by atoms with van der Waals surface area (Å²) < 4.78 is 28.3. The van der Waals surface area contributed by atoms with Crippen molar-refractivity contribution >= 4 is 41.9 Å². The molecule has 112 valence electrons. The summed E-state index contributed by atoms with van der Waals surface area (Å²) in [4.78, 5) is 0.238. The number of aryl methyl sites for hydroxylation is 1. The zero-order chi connectivity index (χ0) is 15.1. The highest BCUT2D eigenvalue weighted by atomic mass is 79.9. The molecular formula is C13H17Br2NO3S. The SMILES string of the molecule is Cc1cc(Br)c(S(=O)(=O)N2CCC(C)C2CO)cc1Br. The van der Waals surface area contributed by atoms with E-state index >= 15 is 0 Å². The van der Waals surface area contributed by atoms with Gasteiger partial charge in [-0.05, 0) is 52.9 Å². The fraction of sp³-hybridized carbons (Fsp3) is 0.538. The van der Waals surface area contributed by atoms with Crippen LogP contribution in [0.2, 0.25) is 0 Å². The summed E-state index contributed by atoms with van der Waals surface area (Å²) in [5.41, 5.74) is 0.962. The first-order chi connectivity index (χ1) is 9.28. The molecule has 0 aromatic heterocycles. The van der Waals surface area contributed by atoms with E-state index in [1.807, 2.05) is 13.8 Å². The Kier molecular flexibility index (Phi) is 4.96. The molecule has 4 nitrogen and oxygen atoms in total. The highest BCUT2D eigenvalue weighted by Gasteiger charge is 2.40. The third-order valence-electron chi connectivity index (χ3n) is 3.82. The fourth-order valence-corrected chi connectivity index (χ4v) is 5.86. The molecule has 0 aliphatic carbocycles. The van der Waals surface area contributed by atoms with Crippen molar-refractivity contribution in [2.45, 2.75) is 31.2 Å². The molecule has 0 spiro atoms. The van der Waals surface area contributed by atoms with Gasteiger partial charge in [-0.1, -0.05) is 22.9 Å². The van der Waals surface area contributed by atoms with Gasteiger partial charge in [0.2, 0.25) is 10.0 Å². The Morgan fingerprint density at radius 3 is 2.60 bits per heavy atom. The normalized spacial score (nSPS) is 24.2. The van der Waals surface area contributed by atoms with Gasteiger partial charge in [0.05, 0.1) is 17.5 Å². The number of benzene rings is 1. The molecule has 2 unspecified atom stereocenters. The van der Waals surface area contributed by atoms with Crippen molar-refractivity contribution in [2.24, 2.45) is 5.92 Å². The summed E-state index contributed by atoms with van der Waals surface area (Å²) in [5, 5.41) is 9.46. The van der Waals surface area contributed by atoms with E-state index < -0.39 is 10.0 Å². The highest BCUT2D eigenvalue weighted by molar-refractivity contribution is 9.11. The van der Waals surface area contributed by atoms with Crippen molar-refractivity contribution in [2.75, 3.05) is 13.2 Å². The van der Waals surface area contributed by atoms with E-state index in [-0.39, 0.29) is 23.5 Å². The molecule has 20 heavy (non-hydrogen) atoms. The van der Waals surface area contributed by atoms with Crippen LogP contribution in [0.4, 0.5) is 0 Å². The average Bonchev–Trinajstić information content (AvgIpc) is 2.75. The van der Waals surface area contributed by atoms with Crippen LogP contribution in [-0.4, -0.2) is 37.0 Å². The molecule has 1 saturated heterocycles. The van der Waals surface area contributed by atoms with E-state index in [2.05, 4.69) is 31.9 Å². The molecule has 0 radical (unpaired) electrons. The zero-order valence-corrected chi connectivity index (χ0v) is 15.3. The van der Waals surface area contributed by atoms with E-state index in [4.69, 9.17) is 0 Å². The summed E-state index contributed by atoms with van der Waals surface area (Å²) in [6, 6.07) is 3.06. The van der Waals surface area contributed by atoms with E-state index in [9.17, 15) is 13.5 Å². The molecule has 1 aliphatic rings. The van der Waals surface area contributed by atoms with Gasteiger partial charge in [-0.3, -0.25) is 0 Å². The lowest BCUT2D eigenvalue weighted by molar-refractivity contribution is 0.191. The van der Waals surface area contributed by atoms with Gasteiger partial charge in [0.25, 0.3) is 0 Å². The minimum absolute atomic E-state index is 0.148.